The molecule has 1 aliphatic carbocycles. The molecule has 53 heavy (non-hydrogen) atoms. The minimum atomic E-state index is -0.811. The lowest BCUT2D eigenvalue weighted by Gasteiger charge is -2.36. The number of alkyl halides is 1. The third kappa shape index (κ3) is 10.9. The molecule has 1 aliphatic heterocycles. The maximum Gasteiger partial charge on any atom is 0.410 e. The van der Waals surface area contributed by atoms with Crippen molar-refractivity contribution in [3.63, 3.8) is 0 Å². The highest BCUT2D eigenvalue weighted by Gasteiger charge is 2.41. The average Bonchev–Trinajstić information content (AvgIpc) is 3.84. The van der Waals surface area contributed by atoms with E-state index in [1.807, 2.05) is 29.2 Å². The number of fused-ring (bicyclic) bond motifs is 1. The van der Waals surface area contributed by atoms with Crippen LogP contribution in [0.15, 0.2) is 41.8 Å². The molecule has 3 aromatic rings. The number of amides is 3. The van der Waals surface area contributed by atoms with Crippen molar-refractivity contribution in [2.45, 2.75) is 96.4 Å². The first-order valence-corrected chi connectivity index (χ1v) is 20.9. The van der Waals surface area contributed by atoms with Crippen LogP contribution in [-0.4, -0.2) is 102 Å². The molecule has 2 unspecified atom stereocenters. The maximum absolute atomic E-state index is 14.5. The Morgan fingerprint density at radius 3 is 2.38 bits per heavy atom. The maximum atomic E-state index is 14.5. The lowest BCUT2D eigenvalue weighted by Crippen LogP contribution is -2.56. The van der Waals surface area contributed by atoms with E-state index in [0.717, 1.165) is 83.1 Å². The summed E-state index contributed by atoms with van der Waals surface area (Å²) in [6, 6.07) is 10.5. The van der Waals surface area contributed by atoms with E-state index in [-0.39, 0.29) is 23.8 Å². The first-order chi connectivity index (χ1) is 25.5. The zero-order valence-corrected chi connectivity index (χ0v) is 34.1. The van der Waals surface area contributed by atoms with E-state index >= 15 is 0 Å². The number of rotatable bonds is 16. The van der Waals surface area contributed by atoms with Gasteiger partial charge in [-0.25, -0.2) is 9.78 Å². The molecule has 1 aromatic heterocycles. The zero-order chi connectivity index (χ0) is 38.0. The van der Waals surface area contributed by atoms with Gasteiger partial charge in [-0.2, -0.15) is 0 Å². The molecule has 11 nitrogen and oxygen atoms in total. The van der Waals surface area contributed by atoms with Crippen molar-refractivity contribution in [1.29, 1.82) is 0 Å². The number of nitrogens with one attached hydrogen (secondary N) is 1. The molecule has 2 aliphatic rings. The highest BCUT2D eigenvalue weighted by atomic mass is 79.9. The van der Waals surface area contributed by atoms with Crippen molar-refractivity contribution >= 4 is 55.9 Å². The van der Waals surface area contributed by atoms with E-state index in [0.29, 0.717) is 39.6 Å². The van der Waals surface area contributed by atoms with Crippen LogP contribution in [-0.2, 0) is 23.8 Å². The number of hydrogen-bond donors (Lipinski definition) is 1. The molecule has 2 aromatic carbocycles. The Balaban J connectivity index is 1.29. The minimum absolute atomic E-state index is 0.0316. The summed E-state index contributed by atoms with van der Waals surface area (Å²) < 4.78 is 22.7. The largest absolute Gasteiger partial charge is 0.491 e. The predicted molar refractivity (Wildman–Crippen MR) is 212 cm³/mol. The van der Waals surface area contributed by atoms with Crippen molar-refractivity contribution in [1.82, 2.24) is 20.1 Å². The molecule has 1 saturated carbocycles. The van der Waals surface area contributed by atoms with Crippen LogP contribution in [0.3, 0.4) is 0 Å². The van der Waals surface area contributed by atoms with Crippen LogP contribution in [0.5, 0.6) is 5.75 Å². The number of carbonyl (C=O) groups is 3. The van der Waals surface area contributed by atoms with Gasteiger partial charge in [-0.15, -0.1) is 11.3 Å². The van der Waals surface area contributed by atoms with Gasteiger partial charge >= 0.3 is 6.09 Å². The van der Waals surface area contributed by atoms with Crippen LogP contribution in [0.25, 0.3) is 22.0 Å². The highest BCUT2D eigenvalue weighted by Crippen LogP contribution is 2.40. The van der Waals surface area contributed by atoms with E-state index in [1.165, 1.54) is 4.90 Å². The van der Waals surface area contributed by atoms with Gasteiger partial charge in [0.25, 0.3) is 0 Å². The molecule has 13 heteroatoms. The van der Waals surface area contributed by atoms with Crippen molar-refractivity contribution in [2.75, 3.05) is 52.0 Å². The molecular weight excluding hydrogens is 760 g/mol. The van der Waals surface area contributed by atoms with Crippen LogP contribution in [0.1, 0.15) is 83.7 Å². The highest BCUT2D eigenvalue weighted by molar-refractivity contribution is 9.09. The van der Waals surface area contributed by atoms with Gasteiger partial charge in [0.05, 0.1) is 38.2 Å². The number of nitrogens with zero attached hydrogens (tertiary/aromatic N) is 3. The van der Waals surface area contributed by atoms with Gasteiger partial charge in [-0.1, -0.05) is 59.5 Å². The van der Waals surface area contributed by atoms with Crippen LogP contribution in [0.4, 0.5) is 4.79 Å². The summed E-state index contributed by atoms with van der Waals surface area (Å²) >= 11 is 4.91. The molecule has 2 heterocycles. The summed E-state index contributed by atoms with van der Waals surface area (Å²) in [5.41, 5.74) is 1.17. The van der Waals surface area contributed by atoms with Gasteiger partial charge in [0.2, 0.25) is 11.8 Å². The number of likely N-dealkylation sites (tertiary alicyclic amines) is 1. The summed E-state index contributed by atoms with van der Waals surface area (Å²) in [6.07, 6.45) is 6.00. The smallest absolute Gasteiger partial charge is 0.410 e. The Morgan fingerprint density at radius 2 is 1.66 bits per heavy atom. The quantitative estimate of drug-likeness (QED) is 0.115. The lowest BCUT2D eigenvalue weighted by atomic mass is 9.83. The second-order valence-electron chi connectivity index (χ2n) is 14.8. The van der Waals surface area contributed by atoms with E-state index < -0.39 is 23.8 Å². The molecule has 0 spiro atoms. The Bertz CT molecular complexity index is 1670. The van der Waals surface area contributed by atoms with E-state index in [4.69, 9.17) is 23.9 Å². The van der Waals surface area contributed by atoms with Crippen LogP contribution in [0.2, 0.25) is 0 Å². The van der Waals surface area contributed by atoms with Gasteiger partial charge in [0.15, 0.2) is 0 Å². The summed E-state index contributed by atoms with van der Waals surface area (Å²) in [5, 5.41) is 8.89. The number of carbonyl (C=O) groups excluding carboxylic acids is 3. The average molecular weight is 816 g/mol. The number of halogens is 1. The van der Waals surface area contributed by atoms with Crippen molar-refractivity contribution in [2.24, 2.45) is 5.92 Å². The Kier molecular flexibility index (Phi) is 14.9. The van der Waals surface area contributed by atoms with Gasteiger partial charge in [-0.05, 0) is 76.8 Å². The normalized spacial score (nSPS) is 17.8. The number of thiazole rings is 1. The Morgan fingerprint density at radius 1 is 0.962 bits per heavy atom. The first-order valence-electron chi connectivity index (χ1n) is 18.9. The summed E-state index contributed by atoms with van der Waals surface area (Å²) in [4.78, 5) is 49.2. The fourth-order valence-corrected chi connectivity index (χ4v) is 8.22. The molecule has 1 N–H and O–H groups in total. The second-order valence-corrected chi connectivity index (χ2v) is 16.5. The first kappa shape index (κ1) is 40.9. The van der Waals surface area contributed by atoms with E-state index in [2.05, 4.69) is 38.8 Å². The van der Waals surface area contributed by atoms with Gasteiger partial charge in [0.1, 0.15) is 35.0 Å². The van der Waals surface area contributed by atoms with Crippen molar-refractivity contribution < 1.29 is 33.3 Å². The number of ether oxygens (including phenoxy) is 4. The standard InChI is InChI=1S/C40H55BrN4O7S/c1-27(44(5)39(48)52-40(2,3)4)36(46)43-35(28-12-7-6-8-13-28)38(47)45-20-11-16-33(45)37-42-32(26-53-37)30-17-18-34(31-15-10-9-14-29(30)31)51-25-24-50-23-22-49-21-19-41/h9-10,14-15,17-18,26-28,33,35H,6-8,11-13,16,19-25H2,1-5H3,(H,43,46)/t27?,33-,35?/m0/s1. The fraction of sp³-hybridized carbons (Fsp3) is 0.600. The Labute approximate surface area is 326 Å². The van der Waals surface area contributed by atoms with Crippen LogP contribution >= 0.6 is 27.3 Å². The third-order valence-corrected chi connectivity index (χ3v) is 11.2. The third-order valence-electron chi connectivity index (χ3n) is 9.91. The number of hydrogen-bond acceptors (Lipinski definition) is 9. The molecule has 3 amide bonds. The molecule has 1 saturated heterocycles. The molecular formula is C40H55BrN4O7S. The Hall–Kier alpha value is -3.26. The minimum Gasteiger partial charge on any atom is -0.491 e. The topological polar surface area (TPSA) is 120 Å². The molecule has 0 radical (unpaired) electrons. The fourth-order valence-electron chi connectivity index (χ4n) is 7.03. The molecule has 2 fully saturated rings. The summed E-state index contributed by atoms with van der Waals surface area (Å²) in [5.74, 6) is 0.383. The second kappa shape index (κ2) is 19.4. The predicted octanol–water partition coefficient (Wildman–Crippen LogP) is 7.75. The van der Waals surface area contributed by atoms with Crippen LogP contribution in [0, 0.1) is 5.92 Å². The SMILES string of the molecule is CC(C(=O)NC(C(=O)N1CCC[C@H]1c1nc(-c2ccc(OCCOCCOCCBr)c3ccccc23)cs1)C1CCCCC1)N(C)C(=O)OC(C)(C)C. The molecule has 0 bridgehead atoms. The van der Waals surface area contributed by atoms with Gasteiger partial charge < -0.3 is 29.2 Å². The van der Waals surface area contributed by atoms with E-state index in [9.17, 15) is 14.4 Å². The van der Waals surface area contributed by atoms with Gasteiger partial charge in [0, 0.05) is 35.3 Å². The number of aromatic nitrogens is 1. The van der Waals surface area contributed by atoms with Crippen LogP contribution < -0.4 is 10.1 Å². The molecule has 3 atom stereocenters. The monoisotopic (exact) mass is 814 g/mol. The van der Waals surface area contributed by atoms with Crippen molar-refractivity contribution in [3.8, 4) is 17.0 Å². The lowest BCUT2D eigenvalue weighted by molar-refractivity contribution is -0.140. The number of likely N-dealkylation sites (N-methyl/N-ethyl adjacent to an activating group) is 1. The summed E-state index contributed by atoms with van der Waals surface area (Å²) in [7, 11) is 1.55. The molecule has 5 rings (SSSR count). The van der Waals surface area contributed by atoms with Gasteiger partial charge in [-0.3, -0.25) is 14.5 Å². The summed E-state index contributed by atoms with van der Waals surface area (Å²) in [6.45, 7) is 10.3. The van der Waals surface area contributed by atoms with E-state index in [1.54, 1.807) is 46.1 Å². The zero-order valence-electron chi connectivity index (χ0n) is 31.7. The number of benzene rings is 2. The van der Waals surface area contributed by atoms with Crippen molar-refractivity contribution in [3.05, 3.63) is 46.8 Å². The molecule has 290 valence electrons.